The van der Waals surface area contributed by atoms with Crippen LogP contribution in [0.3, 0.4) is 0 Å². The lowest BCUT2D eigenvalue weighted by Gasteiger charge is -2.38. The van der Waals surface area contributed by atoms with E-state index >= 15 is 0 Å². The summed E-state index contributed by atoms with van der Waals surface area (Å²) in [6.45, 7) is 12.1. The molecule has 0 aliphatic rings. The van der Waals surface area contributed by atoms with Crippen LogP contribution in [0, 0.1) is 0 Å². The smallest absolute Gasteiger partial charge is 0.104 e. The zero-order chi connectivity index (χ0) is 12.6. The third-order valence-corrected chi connectivity index (χ3v) is 3.45. The van der Waals surface area contributed by atoms with E-state index in [1.807, 2.05) is 0 Å². The Labute approximate surface area is 124 Å². The van der Waals surface area contributed by atoms with Crippen LogP contribution in [0.2, 0.25) is 0 Å². The van der Waals surface area contributed by atoms with Crippen molar-refractivity contribution in [1.82, 2.24) is 0 Å². The number of nitrogens with zero attached hydrogens (tertiary/aromatic N) is 1. The van der Waals surface area contributed by atoms with Crippen LogP contribution in [-0.4, -0.2) is 24.1 Å². The SMILES string of the molecule is Br.CCC[N+](CCC)(CCC)Cc1ccccc1. The van der Waals surface area contributed by atoms with Crippen LogP contribution in [0.4, 0.5) is 0 Å². The maximum Gasteiger partial charge on any atom is 0.104 e. The molecular weight excluding hydrogens is 286 g/mol. The van der Waals surface area contributed by atoms with Crippen molar-refractivity contribution in [1.29, 1.82) is 0 Å². The maximum absolute atomic E-state index is 2.31. The molecule has 0 N–H and O–H groups in total. The van der Waals surface area contributed by atoms with Crippen molar-refractivity contribution >= 4 is 17.0 Å². The van der Waals surface area contributed by atoms with Gasteiger partial charge < -0.3 is 4.48 Å². The zero-order valence-corrected chi connectivity index (χ0v) is 13.9. The molecule has 2 heteroatoms. The molecule has 0 atom stereocenters. The van der Waals surface area contributed by atoms with Crippen LogP contribution in [-0.2, 0) is 6.54 Å². The first kappa shape index (κ1) is 17.7. The topological polar surface area (TPSA) is 0 Å². The van der Waals surface area contributed by atoms with Crippen LogP contribution in [0.15, 0.2) is 30.3 Å². The van der Waals surface area contributed by atoms with Gasteiger partial charge in [0.05, 0.1) is 19.6 Å². The van der Waals surface area contributed by atoms with Crippen molar-refractivity contribution in [3.05, 3.63) is 35.9 Å². The third kappa shape index (κ3) is 5.53. The molecule has 0 amide bonds. The number of rotatable bonds is 8. The Morgan fingerprint density at radius 3 is 1.61 bits per heavy atom. The molecule has 0 fully saturated rings. The summed E-state index contributed by atoms with van der Waals surface area (Å²) in [7, 11) is 0. The standard InChI is InChI=1S/C16H28N.BrH/c1-4-12-17(13-5-2,14-6-3)15-16-10-8-7-9-11-16;/h7-11H,4-6,12-15H2,1-3H3;1H/q+1;. The molecule has 0 saturated carbocycles. The fourth-order valence-electron chi connectivity index (χ4n) is 2.97. The summed E-state index contributed by atoms with van der Waals surface area (Å²) >= 11 is 0. The highest BCUT2D eigenvalue weighted by Gasteiger charge is 2.24. The van der Waals surface area contributed by atoms with Crippen LogP contribution in [0.1, 0.15) is 45.6 Å². The van der Waals surface area contributed by atoms with E-state index in [9.17, 15) is 0 Å². The normalized spacial score (nSPS) is 11.1. The molecule has 0 saturated heterocycles. The molecule has 0 unspecified atom stereocenters. The van der Waals surface area contributed by atoms with Crippen molar-refractivity contribution in [3.63, 3.8) is 0 Å². The molecule has 1 aromatic carbocycles. The Kier molecular flexibility index (Phi) is 9.39. The van der Waals surface area contributed by atoms with Gasteiger partial charge in [0, 0.05) is 5.56 Å². The summed E-state index contributed by atoms with van der Waals surface area (Å²) < 4.78 is 1.27. The quantitative estimate of drug-likeness (QED) is 0.604. The van der Waals surface area contributed by atoms with Crippen molar-refractivity contribution in [3.8, 4) is 0 Å². The van der Waals surface area contributed by atoms with E-state index in [-0.39, 0.29) is 17.0 Å². The van der Waals surface area contributed by atoms with Gasteiger partial charge in [0.15, 0.2) is 0 Å². The average Bonchev–Trinajstić information content (AvgIpc) is 2.31. The molecule has 0 bridgehead atoms. The van der Waals surface area contributed by atoms with Gasteiger partial charge in [-0.15, -0.1) is 17.0 Å². The molecule has 1 aromatic rings. The molecule has 0 radical (unpaired) electrons. The summed E-state index contributed by atoms with van der Waals surface area (Å²) in [5.74, 6) is 0. The monoisotopic (exact) mass is 314 g/mol. The molecule has 0 aliphatic carbocycles. The van der Waals surface area contributed by atoms with Crippen molar-refractivity contribution in [2.75, 3.05) is 19.6 Å². The van der Waals surface area contributed by atoms with Gasteiger partial charge in [0.2, 0.25) is 0 Å². The molecule has 0 aliphatic heterocycles. The first-order chi connectivity index (χ1) is 8.26. The highest BCUT2D eigenvalue weighted by atomic mass is 79.9. The number of hydrogen-bond acceptors (Lipinski definition) is 0. The highest BCUT2D eigenvalue weighted by molar-refractivity contribution is 8.93. The van der Waals surface area contributed by atoms with Crippen LogP contribution >= 0.6 is 17.0 Å². The Morgan fingerprint density at radius 2 is 1.22 bits per heavy atom. The number of benzene rings is 1. The van der Waals surface area contributed by atoms with E-state index in [0.717, 1.165) is 0 Å². The highest BCUT2D eigenvalue weighted by Crippen LogP contribution is 2.17. The lowest BCUT2D eigenvalue weighted by molar-refractivity contribution is -0.941. The number of quaternary nitrogens is 1. The lowest BCUT2D eigenvalue weighted by Crippen LogP contribution is -2.48. The van der Waals surface area contributed by atoms with Gasteiger partial charge in [-0.1, -0.05) is 51.1 Å². The van der Waals surface area contributed by atoms with Crippen molar-refractivity contribution in [2.45, 2.75) is 46.6 Å². The second kappa shape index (κ2) is 9.57. The van der Waals surface area contributed by atoms with E-state index in [2.05, 4.69) is 51.1 Å². The van der Waals surface area contributed by atoms with Gasteiger partial charge >= 0.3 is 0 Å². The third-order valence-electron chi connectivity index (χ3n) is 3.45. The van der Waals surface area contributed by atoms with Crippen LogP contribution in [0.5, 0.6) is 0 Å². The minimum Gasteiger partial charge on any atom is -0.320 e. The Bertz CT molecular complexity index is 280. The van der Waals surface area contributed by atoms with Crippen molar-refractivity contribution < 1.29 is 4.48 Å². The van der Waals surface area contributed by atoms with E-state index in [0.29, 0.717) is 0 Å². The lowest BCUT2D eigenvalue weighted by atomic mass is 10.1. The van der Waals surface area contributed by atoms with Gasteiger partial charge in [-0.3, -0.25) is 0 Å². The predicted octanol–water partition coefficient (Wildman–Crippen LogP) is 4.81. The molecular formula is C16H29BrN+. The zero-order valence-electron chi connectivity index (χ0n) is 12.2. The van der Waals surface area contributed by atoms with Gasteiger partial charge in [-0.25, -0.2) is 0 Å². The maximum atomic E-state index is 2.31. The molecule has 18 heavy (non-hydrogen) atoms. The van der Waals surface area contributed by atoms with E-state index in [1.54, 1.807) is 0 Å². The number of hydrogen-bond donors (Lipinski definition) is 0. The van der Waals surface area contributed by atoms with Crippen molar-refractivity contribution in [2.24, 2.45) is 0 Å². The fourth-order valence-corrected chi connectivity index (χ4v) is 2.97. The summed E-state index contributed by atoms with van der Waals surface area (Å²) in [6, 6.07) is 11.0. The summed E-state index contributed by atoms with van der Waals surface area (Å²) in [4.78, 5) is 0. The Hall–Kier alpha value is -0.340. The summed E-state index contributed by atoms with van der Waals surface area (Å²) in [6.07, 6.45) is 3.85. The minimum absolute atomic E-state index is 0. The van der Waals surface area contributed by atoms with E-state index in [1.165, 1.54) is 55.5 Å². The first-order valence-electron chi connectivity index (χ1n) is 7.15. The molecule has 104 valence electrons. The molecule has 0 aromatic heterocycles. The fraction of sp³-hybridized carbons (Fsp3) is 0.625. The molecule has 0 spiro atoms. The van der Waals surface area contributed by atoms with E-state index in [4.69, 9.17) is 0 Å². The van der Waals surface area contributed by atoms with Gasteiger partial charge in [0.1, 0.15) is 6.54 Å². The second-order valence-electron chi connectivity index (χ2n) is 5.16. The predicted molar refractivity (Wildman–Crippen MR) is 86.2 cm³/mol. The van der Waals surface area contributed by atoms with Gasteiger partial charge in [0.25, 0.3) is 0 Å². The molecule has 1 nitrogen and oxygen atoms in total. The van der Waals surface area contributed by atoms with E-state index < -0.39 is 0 Å². The van der Waals surface area contributed by atoms with Gasteiger partial charge in [-0.2, -0.15) is 0 Å². The van der Waals surface area contributed by atoms with Gasteiger partial charge in [-0.05, 0) is 19.3 Å². The average molecular weight is 315 g/mol. The molecule has 0 heterocycles. The largest absolute Gasteiger partial charge is 0.320 e. The summed E-state index contributed by atoms with van der Waals surface area (Å²) in [5.41, 5.74) is 1.49. The summed E-state index contributed by atoms with van der Waals surface area (Å²) in [5, 5.41) is 0. The molecule has 1 rings (SSSR count). The second-order valence-corrected chi connectivity index (χ2v) is 5.16. The minimum atomic E-state index is 0. The van der Waals surface area contributed by atoms with Crippen LogP contribution in [0.25, 0.3) is 0 Å². The Balaban J connectivity index is 0.00000289. The van der Waals surface area contributed by atoms with Crippen LogP contribution < -0.4 is 0 Å². The first-order valence-corrected chi connectivity index (χ1v) is 7.15. The number of halogens is 1. The Morgan fingerprint density at radius 1 is 0.778 bits per heavy atom.